The Hall–Kier alpha value is -1.26. The van der Waals surface area contributed by atoms with Crippen molar-refractivity contribution in [1.29, 1.82) is 0 Å². The van der Waals surface area contributed by atoms with Crippen LogP contribution in [-0.4, -0.2) is 19.1 Å². The lowest BCUT2D eigenvalue weighted by Crippen LogP contribution is -2.27. The van der Waals surface area contributed by atoms with Crippen molar-refractivity contribution >= 4 is 24.0 Å². The van der Waals surface area contributed by atoms with Crippen LogP contribution in [0.1, 0.15) is 44.6 Å². The molecule has 0 aromatic heterocycles. The molecule has 23 heavy (non-hydrogen) atoms. The zero-order chi connectivity index (χ0) is 15.4. The van der Waals surface area contributed by atoms with Gasteiger partial charge in [-0.05, 0) is 49.8 Å². The maximum absolute atomic E-state index is 12.4. The van der Waals surface area contributed by atoms with Gasteiger partial charge in [-0.15, -0.1) is 12.4 Å². The smallest absolute Gasteiger partial charge is 0.227 e. The molecule has 0 unspecified atom stereocenters. The number of anilines is 1. The fourth-order valence-corrected chi connectivity index (χ4v) is 3.47. The fraction of sp³-hybridized carbons (Fsp3) is 0.611. The van der Waals surface area contributed by atoms with E-state index in [9.17, 15) is 4.79 Å². The summed E-state index contributed by atoms with van der Waals surface area (Å²) in [6.45, 7) is 4.59. The second-order valence-electron chi connectivity index (χ2n) is 6.46. The van der Waals surface area contributed by atoms with E-state index in [0.29, 0.717) is 6.61 Å². The molecule has 1 aliphatic carbocycles. The third kappa shape index (κ3) is 4.61. The molecular weight excluding hydrogens is 312 g/mol. The summed E-state index contributed by atoms with van der Waals surface area (Å²) in [5.74, 6) is 2.10. The van der Waals surface area contributed by atoms with Crippen LogP contribution in [0.4, 0.5) is 5.69 Å². The van der Waals surface area contributed by atoms with E-state index in [1.807, 2.05) is 18.2 Å². The van der Waals surface area contributed by atoms with E-state index in [1.54, 1.807) is 0 Å². The molecule has 128 valence electrons. The maximum atomic E-state index is 12.4. The summed E-state index contributed by atoms with van der Waals surface area (Å²) >= 11 is 0. The first-order valence-electron chi connectivity index (χ1n) is 8.53. The molecule has 0 spiro atoms. The lowest BCUT2D eigenvalue weighted by atomic mass is 9.80. The molecule has 4 nitrogen and oxygen atoms in total. The van der Waals surface area contributed by atoms with Crippen LogP contribution in [0.2, 0.25) is 0 Å². The van der Waals surface area contributed by atoms with Gasteiger partial charge in [0.1, 0.15) is 12.4 Å². The summed E-state index contributed by atoms with van der Waals surface area (Å²) in [4.78, 5) is 12.4. The van der Waals surface area contributed by atoms with Crippen LogP contribution in [0, 0.1) is 11.8 Å². The van der Waals surface area contributed by atoms with Gasteiger partial charge in [0.2, 0.25) is 5.91 Å². The number of rotatable bonds is 3. The molecule has 3 rings (SSSR count). The van der Waals surface area contributed by atoms with Crippen molar-refractivity contribution in [3.8, 4) is 5.75 Å². The van der Waals surface area contributed by atoms with E-state index in [4.69, 9.17) is 4.74 Å². The van der Waals surface area contributed by atoms with Gasteiger partial charge in [-0.2, -0.15) is 0 Å². The Balaban J connectivity index is 0.00000192. The Morgan fingerprint density at radius 1 is 1.30 bits per heavy atom. The number of carbonyl (C=O) groups is 1. The van der Waals surface area contributed by atoms with Gasteiger partial charge in [0.05, 0.1) is 0 Å². The molecule has 0 bridgehead atoms. The highest BCUT2D eigenvalue weighted by Crippen LogP contribution is 2.32. The molecule has 1 aliphatic heterocycles. The van der Waals surface area contributed by atoms with E-state index in [1.165, 1.54) is 19.3 Å². The summed E-state index contributed by atoms with van der Waals surface area (Å²) in [6.07, 6.45) is 5.68. The van der Waals surface area contributed by atoms with Gasteiger partial charge in [-0.3, -0.25) is 4.79 Å². The molecule has 1 aromatic rings. The van der Waals surface area contributed by atoms with Gasteiger partial charge in [0, 0.05) is 30.3 Å². The Labute approximate surface area is 144 Å². The van der Waals surface area contributed by atoms with Crippen LogP contribution in [0.3, 0.4) is 0 Å². The van der Waals surface area contributed by atoms with Crippen LogP contribution in [0.15, 0.2) is 18.2 Å². The molecular formula is C18H27ClN2O2. The summed E-state index contributed by atoms with van der Waals surface area (Å²) in [5.41, 5.74) is 2.00. The Kier molecular flexibility index (Phi) is 6.72. The molecule has 0 atom stereocenters. The number of fused-ring (bicyclic) bond motifs is 1. The topological polar surface area (TPSA) is 50.4 Å². The normalized spacial score (nSPS) is 23.7. The van der Waals surface area contributed by atoms with E-state index in [0.717, 1.165) is 48.8 Å². The number of nitrogens with one attached hydrogen (secondary N) is 2. The van der Waals surface area contributed by atoms with E-state index in [2.05, 4.69) is 17.6 Å². The second kappa shape index (κ2) is 8.55. The number of halogens is 1. The molecule has 2 N–H and O–H groups in total. The van der Waals surface area contributed by atoms with Crippen molar-refractivity contribution in [2.75, 3.05) is 18.5 Å². The molecule has 1 saturated carbocycles. The number of amides is 1. The first-order chi connectivity index (χ1) is 10.8. The molecule has 5 heteroatoms. The third-order valence-corrected chi connectivity index (χ3v) is 4.97. The van der Waals surface area contributed by atoms with E-state index < -0.39 is 0 Å². The van der Waals surface area contributed by atoms with Crippen molar-refractivity contribution in [2.24, 2.45) is 11.8 Å². The molecule has 2 aliphatic rings. The Morgan fingerprint density at radius 2 is 2.09 bits per heavy atom. The minimum absolute atomic E-state index is 0. The zero-order valence-corrected chi connectivity index (χ0v) is 14.6. The lowest BCUT2D eigenvalue weighted by molar-refractivity contribution is -0.121. The average molecular weight is 339 g/mol. The van der Waals surface area contributed by atoms with Crippen LogP contribution in [0.5, 0.6) is 5.75 Å². The molecule has 1 amide bonds. The van der Waals surface area contributed by atoms with Gasteiger partial charge < -0.3 is 15.4 Å². The molecule has 1 heterocycles. The summed E-state index contributed by atoms with van der Waals surface area (Å²) in [6, 6.07) is 5.94. The minimum Gasteiger partial charge on any atom is -0.492 e. The predicted octanol–water partition coefficient (Wildman–Crippen LogP) is 3.75. The number of hydrogen-bond donors (Lipinski definition) is 2. The fourth-order valence-electron chi connectivity index (χ4n) is 3.47. The number of carbonyl (C=O) groups excluding carboxylic acids is 1. The first-order valence-corrected chi connectivity index (χ1v) is 8.53. The van der Waals surface area contributed by atoms with Crippen molar-refractivity contribution in [1.82, 2.24) is 5.32 Å². The van der Waals surface area contributed by atoms with Gasteiger partial charge in [-0.1, -0.05) is 13.3 Å². The third-order valence-electron chi connectivity index (χ3n) is 4.97. The molecule has 1 fully saturated rings. The molecule has 1 aromatic carbocycles. The van der Waals surface area contributed by atoms with Gasteiger partial charge in [0.25, 0.3) is 0 Å². The van der Waals surface area contributed by atoms with Crippen LogP contribution >= 0.6 is 12.4 Å². The number of ether oxygens (including phenoxy) is 1. The molecule has 0 saturated heterocycles. The Bertz CT molecular complexity index is 528. The highest BCUT2D eigenvalue weighted by molar-refractivity contribution is 5.92. The highest BCUT2D eigenvalue weighted by atomic mass is 35.5. The van der Waals surface area contributed by atoms with Crippen LogP contribution in [-0.2, 0) is 11.3 Å². The average Bonchev–Trinajstić information content (AvgIpc) is 2.79. The zero-order valence-electron chi connectivity index (χ0n) is 13.8. The SMILES string of the molecule is CCC1CCC(C(=O)Nc2ccc3c(c2)CNCCO3)CC1.Cl. The lowest BCUT2D eigenvalue weighted by Gasteiger charge is -2.27. The van der Waals surface area contributed by atoms with Crippen molar-refractivity contribution in [3.63, 3.8) is 0 Å². The Morgan fingerprint density at radius 3 is 2.83 bits per heavy atom. The highest BCUT2D eigenvalue weighted by Gasteiger charge is 2.25. The number of hydrogen-bond acceptors (Lipinski definition) is 3. The van der Waals surface area contributed by atoms with Crippen molar-refractivity contribution < 1.29 is 9.53 Å². The number of benzene rings is 1. The summed E-state index contributed by atoms with van der Waals surface area (Å²) < 4.78 is 5.67. The minimum atomic E-state index is 0. The standard InChI is InChI=1S/C18H26N2O2.ClH/c1-2-13-3-5-14(6-4-13)18(21)20-16-7-8-17-15(11-16)12-19-9-10-22-17;/h7-8,11,13-14,19H,2-6,9-10,12H2,1H3,(H,20,21);1H. The maximum Gasteiger partial charge on any atom is 0.227 e. The second-order valence-corrected chi connectivity index (χ2v) is 6.46. The van der Waals surface area contributed by atoms with Crippen LogP contribution in [0.25, 0.3) is 0 Å². The van der Waals surface area contributed by atoms with Crippen molar-refractivity contribution in [2.45, 2.75) is 45.6 Å². The van der Waals surface area contributed by atoms with Gasteiger partial charge in [-0.25, -0.2) is 0 Å². The largest absolute Gasteiger partial charge is 0.492 e. The van der Waals surface area contributed by atoms with Crippen molar-refractivity contribution in [3.05, 3.63) is 23.8 Å². The predicted molar refractivity (Wildman–Crippen MR) is 95.3 cm³/mol. The van der Waals surface area contributed by atoms with Crippen LogP contribution < -0.4 is 15.4 Å². The monoisotopic (exact) mass is 338 g/mol. The van der Waals surface area contributed by atoms with Gasteiger partial charge in [0.15, 0.2) is 0 Å². The summed E-state index contributed by atoms with van der Waals surface area (Å²) in [7, 11) is 0. The molecule has 0 radical (unpaired) electrons. The van der Waals surface area contributed by atoms with E-state index >= 15 is 0 Å². The van der Waals surface area contributed by atoms with E-state index in [-0.39, 0.29) is 24.2 Å². The summed E-state index contributed by atoms with van der Waals surface area (Å²) in [5, 5.41) is 6.41. The first kappa shape index (κ1) is 18.1. The quantitative estimate of drug-likeness (QED) is 0.882. The van der Waals surface area contributed by atoms with Gasteiger partial charge >= 0.3 is 0 Å².